The molecule has 0 saturated carbocycles. The van der Waals surface area contributed by atoms with Crippen LogP contribution in [0.25, 0.3) is 0 Å². The quantitative estimate of drug-likeness (QED) is 0.520. The minimum absolute atomic E-state index is 0.550. The van der Waals surface area contributed by atoms with E-state index in [4.69, 9.17) is 0 Å². The molecule has 0 amide bonds. The Labute approximate surface area is 41.4 Å². The predicted molar refractivity (Wildman–Crippen MR) is 28.4 cm³/mol. The van der Waals surface area contributed by atoms with E-state index in [9.17, 15) is 4.39 Å². The highest BCUT2D eigenvalue weighted by molar-refractivity contribution is 8.02. The highest BCUT2D eigenvalue weighted by Crippen LogP contribution is 1.98. The van der Waals surface area contributed by atoms with Gasteiger partial charge in [0, 0.05) is 0 Å². The smallest absolute Gasteiger partial charge is 0.0929 e. The molecule has 0 aliphatic carbocycles. The molecule has 0 saturated heterocycles. The van der Waals surface area contributed by atoms with E-state index < -0.39 is 0 Å². The lowest BCUT2D eigenvalue weighted by Crippen LogP contribution is -1.53. The molecule has 0 aliphatic heterocycles. The second-order valence-corrected chi connectivity index (χ2v) is 1.90. The minimum atomic E-state index is 0.550. The highest BCUT2D eigenvalue weighted by Gasteiger charge is 1.66. The van der Waals surface area contributed by atoms with Crippen LogP contribution in [0, 0.1) is 0 Å². The van der Waals surface area contributed by atoms with E-state index in [-0.39, 0.29) is 0 Å². The summed E-state index contributed by atoms with van der Waals surface area (Å²) < 4.78 is 11.0. The van der Waals surface area contributed by atoms with Gasteiger partial charge in [-0.2, -0.15) is 0 Å². The number of hydrogen-bond donors (Lipinski definition) is 0. The van der Waals surface area contributed by atoms with E-state index in [0.29, 0.717) is 6.33 Å². The molecule has 0 radical (unpaired) electrons. The van der Waals surface area contributed by atoms with Gasteiger partial charge >= 0.3 is 0 Å². The van der Waals surface area contributed by atoms with E-state index in [0.717, 1.165) is 5.75 Å². The summed E-state index contributed by atoms with van der Waals surface area (Å²) in [6.07, 6.45) is 0.550. The predicted octanol–water partition coefficient (Wildman–Crippen LogP) is 2.18. The van der Waals surface area contributed by atoms with Gasteiger partial charge in [0.25, 0.3) is 0 Å². The van der Waals surface area contributed by atoms with Gasteiger partial charge in [0.2, 0.25) is 0 Å². The molecule has 36 valence electrons. The second-order valence-electron chi connectivity index (χ2n) is 0.717. The first-order valence-electron chi connectivity index (χ1n) is 1.78. The summed E-state index contributed by atoms with van der Waals surface area (Å²) in [6, 6.07) is 0. The van der Waals surface area contributed by atoms with E-state index >= 15 is 0 Å². The molecule has 0 bridgehead atoms. The Balaban J connectivity index is 2.66. The molecule has 6 heavy (non-hydrogen) atoms. The van der Waals surface area contributed by atoms with Crippen molar-refractivity contribution >= 4 is 11.8 Å². The number of halogens is 1. The van der Waals surface area contributed by atoms with Crippen LogP contribution < -0.4 is 0 Å². The van der Waals surface area contributed by atoms with E-state index in [2.05, 4.69) is 0 Å². The summed E-state index contributed by atoms with van der Waals surface area (Å²) in [4.78, 5) is 0. The molecule has 0 N–H and O–H groups in total. The average molecular weight is 106 g/mol. The molecule has 0 atom stereocenters. The normalized spacial score (nSPS) is 10.3. The van der Waals surface area contributed by atoms with Crippen LogP contribution in [0.1, 0.15) is 6.92 Å². The molecule has 0 spiro atoms. The maximum atomic E-state index is 11.0. The Morgan fingerprint density at radius 1 is 1.83 bits per heavy atom. The Morgan fingerprint density at radius 2 is 2.50 bits per heavy atom. The lowest BCUT2D eigenvalue weighted by molar-refractivity contribution is 0.723. The van der Waals surface area contributed by atoms with Gasteiger partial charge in [-0.1, -0.05) is 6.92 Å². The van der Waals surface area contributed by atoms with Gasteiger partial charge in [-0.3, -0.25) is 0 Å². The van der Waals surface area contributed by atoms with E-state index in [1.54, 1.807) is 0 Å². The van der Waals surface area contributed by atoms with Gasteiger partial charge in [0.15, 0.2) is 0 Å². The standard InChI is InChI=1S/C4H7FS/c1-2-6-4-3-5/h3-4H,2H2,1H3. The molecule has 0 rings (SSSR count). The average Bonchev–Trinajstić information content (AvgIpc) is 1.61. The molecular formula is C4H7FS. The van der Waals surface area contributed by atoms with Crippen molar-refractivity contribution in [2.24, 2.45) is 0 Å². The third kappa shape index (κ3) is 4.02. The van der Waals surface area contributed by atoms with Crippen molar-refractivity contribution in [2.75, 3.05) is 5.75 Å². The van der Waals surface area contributed by atoms with Gasteiger partial charge in [-0.05, 0) is 11.2 Å². The van der Waals surface area contributed by atoms with Crippen LogP contribution in [-0.2, 0) is 0 Å². The van der Waals surface area contributed by atoms with Gasteiger partial charge in [0.05, 0.1) is 6.33 Å². The number of thioether (sulfide) groups is 1. The zero-order valence-corrected chi connectivity index (χ0v) is 4.46. The van der Waals surface area contributed by atoms with Crippen LogP contribution in [0.2, 0.25) is 0 Å². The summed E-state index contributed by atoms with van der Waals surface area (Å²) in [5.74, 6) is 0.945. The van der Waals surface area contributed by atoms with Crippen LogP contribution in [0.3, 0.4) is 0 Å². The van der Waals surface area contributed by atoms with Crippen molar-refractivity contribution in [3.05, 3.63) is 11.7 Å². The fourth-order valence-corrected chi connectivity index (χ4v) is 0.398. The van der Waals surface area contributed by atoms with Gasteiger partial charge in [-0.25, -0.2) is 4.39 Å². The Kier molecular flexibility index (Phi) is 5.04. The van der Waals surface area contributed by atoms with Crippen molar-refractivity contribution in [2.45, 2.75) is 6.92 Å². The fraction of sp³-hybridized carbons (Fsp3) is 0.500. The molecule has 0 nitrogen and oxygen atoms in total. The first kappa shape index (κ1) is 6.02. The molecular weight excluding hydrogens is 99.1 g/mol. The van der Waals surface area contributed by atoms with Crippen LogP contribution in [0.5, 0.6) is 0 Å². The van der Waals surface area contributed by atoms with E-state index in [1.807, 2.05) is 6.92 Å². The molecule has 0 aromatic heterocycles. The summed E-state index contributed by atoms with van der Waals surface area (Å²) in [5, 5.41) is 1.43. The highest BCUT2D eigenvalue weighted by atomic mass is 32.2. The summed E-state index contributed by atoms with van der Waals surface area (Å²) >= 11 is 1.45. The summed E-state index contributed by atoms with van der Waals surface area (Å²) in [7, 11) is 0. The second kappa shape index (κ2) is 5.02. The summed E-state index contributed by atoms with van der Waals surface area (Å²) in [5.41, 5.74) is 0. The molecule has 0 aromatic carbocycles. The maximum absolute atomic E-state index is 11.0. The number of hydrogen-bond acceptors (Lipinski definition) is 1. The van der Waals surface area contributed by atoms with Crippen molar-refractivity contribution in [1.29, 1.82) is 0 Å². The van der Waals surface area contributed by atoms with Crippen molar-refractivity contribution in [3.8, 4) is 0 Å². The van der Waals surface area contributed by atoms with Crippen molar-refractivity contribution in [1.82, 2.24) is 0 Å². The molecule has 0 aliphatic rings. The van der Waals surface area contributed by atoms with Crippen LogP contribution >= 0.6 is 11.8 Å². The number of rotatable bonds is 2. The Hall–Kier alpha value is 0.0200. The topological polar surface area (TPSA) is 0 Å². The van der Waals surface area contributed by atoms with Crippen molar-refractivity contribution in [3.63, 3.8) is 0 Å². The Bertz CT molecular complexity index is 42.8. The molecule has 0 unspecified atom stereocenters. The third-order valence-electron chi connectivity index (χ3n) is 0.314. The maximum Gasteiger partial charge on any atom is 0.0929 e. The van der Waals surface area contributed by atoms with Crippen LogP contribution in [0.4, 0.5) is 4.39 Å². The molecule has 0 aromatic rings. The first-order chi connectivity index (χ1) is 2.91. The SMILES string of the molecule is CCSC=CF. The molecule has 0 heterocycles. The minimum Gasteiger partial charge on any atom is -0.215 e. The lowest BCUT2D eigenvalue weighted by atomic mass is 11.0. The van der Waals surface area contributed by atoms with Crippen molar-refractivity contribution < 1.29 is 4.39 Å². The fourth-order valence-electron chi connectivity index (χ4n) is 0.133. The monoisotopic (exact) mass is 106 g/mol. The zero-order chi connectivity index (χ0) is 4.83. The lowest BCUT2D eigenvalue weighted by Gasteiger charge is -1.75. The van der Waals surface area contributed by atoms with Crippen LogP contribution in [0.15, 0.2) is 11.7 Å². The largest absolute Gasteiger partial charge is 0.215 e. The third-order valence-corrected chi connectivity index (χ3v) is 0.943. The van der Waals surface area contributed by atoms with Gasteiger partial charge in [-0.15, -0.1) is 11.8 Å². The first-order valence-corrected chi connectivity index (χ1v) is 2.83. The molecule has 0 fully saturated rings. The van der Waals surface area contributed by atoms with Gasteiger partial charge < -0.3 is 0 Å². The zero-order valence-electron chi connectivity index (χ0n) is 3.65. The summed E-state index contributed by atoms with van der Waals surface area (Å²) in [6.45, 7) is 1.98. The Morgan fingerprint density at radius 3 is 2.67 bits per heavy atom. The molecule has 2 heteroatoms. The van der Waals surface area contributed by atoms with Gasteiger partial charge in [0.1, 0.15) is 0 Å². The van der Waals surface area contributed by atoms with Crippen LogP contribution in [-0.4, -0.2) is 5.75 Å². The van der Waals surface area contributed by atoms with E-state index in [1.165, 1.54) is 17.2 Å².